The van der Waals surface area contributed by atoms with Gasteiger partial charge in [-0.05, 0) is 39.2 Å². The van der Waals surface area contributed by atoms with E-state index in [1.54, 1.807) is 0 Å². The predicted octanol–water partition coefficient (Wildman–Crippen LogP) is 2.32. The lowest BCUT2D eigenvalue weighted by molar-refractivity contribution is -0.0425. The molecule has 1 aliphatic rings. The Morgan fingerprint density at radius 1 is 1.36 bits per heavy atom. The molecule has 2 N–H and O–H groups in total. The molecule has 2 unspecified atom stereocenters. The van der Waals surface area contributed by atoms with Gasteiger partial charge in [0.05, 0.1) is 5.60 Å². The Balaban J connectivity index is 2.52. The first-order chi connectivity index (χ1) is 6.59. The van der Waals surface area contributed by atoms with E-state index in [1.807, 2.05) is 6.92 Å². The summed E-state index contributed by atoms with van der Waals surface area (Å²) in [5.74, 6) is 0.491. The van der Waals surface area contributed by atoms with Crippen LogP contribution in [0.25, 0.3) is 0 Å². The average Bonchev–Trinajstić information content (AvgIpc) is 2.19. The van der Waals surface area contributed by atoms with Gasteiger partial charge in [0, 0.05) is 6.04 Å². The summed E-state index contributed by atoms with van der Waals surface area (Å²) in [5.41, 5.74) is -0.531. The van der Waals surface area contributed by atoms with Crippen molar-refractivity contribution in [3.8, 4) is 0 Å². The third kappa shape index (κ3) is 2.71. The van der Waals surface area contributed by atoms with Crippen molar-refractivity contribution >= 4 is 0 Å². The molecule has 0 bridgehead atoms. The van der Waals surface area contributed by atoms with Crippen LogP contribution in [0.5, 0.6) is 0 Å². The lowest BCUT2D eigenvalue weighted by atomic mass is 9.74. The van der Waals surface area contributed by atoms with Crippen molar-refractivity contribution in [1.82, 2.24) is 5.32 Å². The minimum Gasteiger partial charge on any atom is -0.388 e. The zero-order valence-corrected chi connectivity index (χ0v) is 9.84. The van der Waals surface area contributed by atoms with Crippen molar-refractivity contribution < 1.29 is 5.11 Å². The summed E-state index contributed by atoms with van der Waals surface area (Å²) in [6.07, 6.45) is 6.33. The van der Waals surface area contributed by atoms with E-state index in [0.717, 1.165) is 6.54 Å². The van der Waals surface area contributed by atoms with E-state index in [4.69, 9.17) is 0 Å². The lowest BCUT2D eigenvalue weighted by Crippen LogP contribution is -2.52. The molecule has 0 aromatic carbocycles. The van der Waals surface area contributed by atoms with Gasteiger partial charge in [-0.1, -0.05) is 26.2 Å². The molecule has 0 radical (unpaired) electrons. The molecule has 2 nitrogen and oxygen atoms in total. The number of likely N-dealkylation sites (N-methyl/N-ethyl adjacent to an activating group) is 1. The van der Waals surface area contributed by atoms with Gasteiger partial charge in [-0.2, -0.15) is 0 Å². The Kier molecular flexibility index (Phi) is 4.39. The molecule has 1 aliphatic carbocycles. The molecule has 0 aromatic heterocycles. The Labute approximate surface area is 88.1 Å². The van der Waals surface area contributed by atoms with E-state index >= 15 is 0 Å². The van der Waals surface area contributed by atoms with Crippen LogP contribution in [0, 0.1) is 5.92 Å². The molecule has 14 heavy (non-hydrogen) atoms. The van der Waals surface area contributed by atoms with Crippen LogP contribution in [-0.4, -0.2) is 23.3 Å². The minimum atomic E-state index is -0.531. The topological polar surface area (TPSA) is 32.3 Å². The highest BCUT2D eigenvalue weighted by molar-refractivity contribution is 4.91. The lowest BCUT2D eigenvalue weighted by Gasteiger charge is -2.40. The maximum absolute atomic E-state index is 10.5. The van der Waals surface area contributed by atoms with Crippen molar-refractivity contribution in [3.63, 3.8) is 0 Å². The highest BCUT2D eigenvalue weighted by Gasteiger charge is 2.37. The Hall–Kier alpha value is -0.0800. The molecule has 0 heterocycles. The predicted molar refractivity (Wildman–Crippen MR) is 60.3 cm³/mol. The third-order valence-corrected chi connectivity index (χ3v) is 3.82. The third-order valence-electron chi connectivity index (χ3n) is 3.82. The minimum absolute atomic E-state index is 0.204. The van der Waals surface area contributed by atoms with Crippen LogP contribution in [0.1, 0.15) is 52.9 Å². The number of rotatable bonds is 4. The summed E-state index contributed by atoms with van der Waals surface area (Å²) in [6.45, 7) is 7.12. The molecule has 1 saturated carbocycles. The molecule has 0 amide bonds. The molecule has 2 atom stereocenters. The van der Waals surface area contributed by atoms with Gasteiger partial charge in [-0.15, -0.1) is 0 Å². The molecule has 84 valence electrons. The van der Waals surface area contributed by atoms with Crippen LogP contribution < -0.4 is 5.32 Å². The fourth-order valence-corrected chi connectivity index (χ4v) is 2.55. The largest absolute Gasteiger partial charge is 0.388 e. The van der Waals surface area contributed by atoms with Gasteiger partial charge in [0.1, 0.15) is 0 Å². The first kappa shape index (κ1) is 12.0. The number of nitrogens with one attached hydrogen (secondary N) is 1. The maximum atomic E-state index is 10.5. The van der Waals surface area contributed by atoms with Crippen molar-refractivity contribution in [1.29, 1.82) is 0 Å². The molecule has 2 heteroatoms. The van der Waals surface area contributed by atoms with Crippen LogP contribution in [0.3, 0.4) is 0 Å². The second-order valence-corrected chi connectivity index (χ2v) is 4.84. The van der Waals surface area contributed by atoms with Gasteiger partial charge in [-0.25, -0.2) is 0 Å². The molecule has 0 spiro atoms. The van der Waals surface area contributed by atoms with Crippen molar-refractivity contribution in [2.24, 2.45) is 5.92 Å². The summed E-state index contributed by atoms with van der Waals surface area (Å²) >= 11 is 0. The van der Waals surface area contributed by atoms with Gasteiger partial charge >= 0.3 is 0 Å². The number of hydrogen-bond donors (Lipinski definition) is 2. The van der Waals surface area contributed by atoms with Crippen molar-refractivity contribution in [3.05, 3.63) is 0 Å². The van der Waals surface area contributed by atoms with Gasteiger partial charge < -0.3 is 10.4 Å². The monoisotopic (exact) mass is 199 g/mol. The first-order valence-electron chi connectivity index (χ1n) is 6.04. The molecular formula is C12H25NO. The zero-order chi connectivity index (χ0) is 10.6. The maximum Gasteiger partial charge on any atom is 0.0797 e. The van der Waals surface area contributed by atoms with Crippen LogP contribution >= 0.6 is 0 Å². The average molecular weight is 199 g/mol. The Morgan fingerprint density at radius 2 is 1.93 bits per heavy atom. The second-order valence-electron chi connectivity index (χ2n) is 4.84. The highest BCUT2D eigenvalue weighted by atomic mass is 16.3. The summed E-state index contributed by atoms with van der Waals surface area (Å²) in [6, 6.07) is 0.204. The molecule has 0 aliphatic heterocycles. The van der Waals surface area contributed by atoms with Gasteiger partial charge in [0.2, 0.25) is 0 Å². The smallest absolute Gasteiger partial charge is 0.0797 e. The molecule has 1 fully saturated rings. The fourth-order valence-electron chi connectivity index (χ4n) is 2.55. The summed E-state index contributed by atoms with van der Waals surface area (Å²) < 4.78 is 0. The Bertz CT molecular complexity index is 162. The van der Waals surface area contributed by atoms with Crippen molar-refractivity contribution in [2.75, 3.05) is 6.54 Å². The van der Waals surface area contributed by atoms with E-state index in [9.17, 15) is 5.11 Å². The van der Waals surface area contributed by atoms with Gasteiger partial charge in [0.15, 0.2) is 0 Å². The normalized spacial score (nSPS) is 25.7. The SMILES string of the molecule is CCNC(C)C(C)(O)C1CCCCC1. The molecule has 1 rings (SSSR count). The van der Waals surface area contributed by atoms with Crippen LogP contribution in [0.4, 0.5) is 0 Å². The van der Waals surface area contributed by atoms with Crippen molar-refractivity contribution in [2.45, 2.75) is 64.5 Å². The molecular weight excluding hydrogens is 174 g/mol. The highest BCUT2D eigenvalue weighted by Crippen LogP contribution is 2.34. The van der Waals surface area contributed by atoms with Gasteiger partial charge in [0.25, 0.3) is 0 Å². The van der Waals surface area contributed by atoms with Crippen LogP contribution in [0.2, 0.25) is 0 Å². The second kappa shape index (κ2) is 5.13. The Morgan fingerprint density at radius 3 is 2.43 bits per heavy atom. The standard InChI is InChI=1S/C12H25NO/c1-4-13-10(2)12(3,14)11-8-6-5-7-9-11/h10-11,13-14H,4-9H2,1-3H3. The first-order valence-corrected chi connectivity index (χ1v) is 6.04. The summed E-state index contributed by atoms with van der Waals surface area (Å²) in [7, 11) is 0. The number of hydrogen-bond acceptors (Lipinski definition) is 2. The van der Waals surface area contributed by atoms with E-state index < -0.39 is 5.60 Å². The van der Waals surface area contributed by atoms with E-state index in [2.05, 4.69) is 19.2 Å². The molecule has 0 aromatic rings. The van der Waals surface area contributed by atoms with Crippen LogP contribution in [0.15, 0.2) is 0 Å². The fraction of sp³-hybridized carbons (Fsp3) is 1.00. The number of aliphatic hydroxyl groups is 1. The van der Waals surface area contributed by atoms with E-state index in [-0.39, 0.29) is 6.04 Å². The van der Waals surface area contributed by atoms with E-state index in [1.165, 1.54) is 32.1 Å². The quantitative estimate of drug-likeness (QED) is 0.728. The van der Waals surface area contributed by atoms with Crippen LogP contribution in [-0.2, 0) is 0 Å². The van der Waals surface area contributed by atoms with E-state index in [0.29, 0.717) is 5.92 Å². The summed E-state index contributed by atoms with van der Waals surface area (Å²) in [5, 5.41) is 13.8. The zero-order valence-electron chi connectivity index (χ0n) is 9.84. The molecule has 0 saturated heterocycles. The van der Waals surface area contributed by atoms with Gasteiger partial charge in [-0.3, -0.25) is 0 Å². The summed E-state index contributed by atoms with van der Waals surface area (Å²) in [4.78, 5) is 0.